The van der Waals surface area contributed by atoms with Gasteiger partial charge in [0, 0.05) is 37.7 Å². The zero-order chi connectivity index (χ0) is 28.7. The van der Waals surface area contributed by atoms with Crippen LogP contribution in [-0.4, -0.2) is 77.4 Å². The first-order chi connectivity index (χ1) is 17.3. The number of methoxy groups -OCH3 is 1. The van der Waals surface area contributed by atoms with Gasteiger partial charge in [0.1, 0.15) is 23.5 Å². The van der Waals surface area contributed by atoms with Crippen molar-refractivity contribution in [3.63, 3.8) is 0 Å². The lowest BCUT2D eigenvalue weighted by atomic mass is 9.95. The predicted molar refractivity (Wildman–Crippen MR) is 130 cm³/mol. The van der Waals surface area contributed by atoms with Gasteiger partial charge in [0.2, 0.25) is 5.91 Å². The van der Waals surface area contributed by atoms with Gasteiger partial charge in [-0.3, -0.25) is 9.78 Å². The number of anilines is 1. The molecule has 212 valence electrons. The topological polar surface area (TPSA) is 110 Å². The van der Waals surface area contributed by atoms with Crippen molar-refractivity contribution in [3.05, 3.63) is 23.5 Å². The highest BCUT2D eigenvalue weighted by atomic mass is 19.4. The summed E-state index contributed by atoms with van der Waals surface area (Å²) in [6, 6.07) is 0.769. The summed E-state index contributed by atoms with van der Waals surface area (Å²) >= 11 is 0. The van der Waals surface area contributed by atoms with Crippen molar-refractivity contribution in [2.75, 3.05) is 38.6 Å². The Morgan fingerprint density at radius 1 is 1.05 bits per heavy atom. The maximum absolute atomic E-state index is 13.2. The Kier molecular flexibility index (Phi) is 7.93. The van der Waals surface area contributed by atoms with Crippen LogP contribution in [0.5, 0.6) is 0 Å². The lowest BCUT2D eigenvalue weighted by molar-refractivity contribution is -0.137. The van der Waals surface area contributed by atoms with E-state index in [1.54, 1.807) is 46.4 Å². The molecular weight excluding hydrogens is 509 g/mol. The van der Waals surface area contributed by atoms with E-state index in [1.165, 1.54) is 12.0 Å². The first-order valence-corrected chi connectivity index (χ1v) is 12.2. The number of likely N-dealkylation sites (tertiary alicyclic amines) is 2. The van der Waals surface area contributed by atoms with Gasteiger partial charge in [-0.15, -0.1) is 0 Å². The molecule has 2 atom stereocenters. The summed E-state index contributed by atoms with van der Waals surface area (Å²) in [4.78, 5) is 44.6. The van der Waals surface area contributed by atoms with E-state index in [0.717, 1.165) is 6.07 Å². The van der Waals surface area contributed by atoms with Crippen molar-refractivity contribution in [2.24, 2.45) is 11.3 Å². The molecule has 1 N–H and O–H groups in total. The highest BCUT2D eigenvalue weighted by molar-refractivity contribution is 5.95. The number of rotatable bonds is 4. The molecule has 1 aromatic rings. The number of hydrogen-bond donors (Lipinski definition) is 1. The van der Waals surface area contributed by atoms with Crippen molar-refractivity contribution >= 4 is 23.8 Å². The fourth-order valence-corrected chi connectivity index (χ4v) is 4.31. The summed E-state index contributed by atoms with van der Waals surface area (Å²) in [7, 11) is 1.51. The van der Waals surface area contributed by atoms with Crippen LogP contribution in [0.4, 0.5) is 28.4 Å². The standard InChI is InChI=1S/C25H35F3N4O6/c1-22(2,3)19(33)30-17-8-15(25(26,27)28)9-29-18(17)12-37-20(34)31-10-16-11-32(14-24(16,13-31)36-7)21(35)38-23(4,5)6/h8-9,16H,10-14H2,1-7H3,(H,30,33)/t16-,24+/m1/s1. The number of pyridine rings is 1. The molecule has 2 aliphatic heterocycles. The normalized spacial score (nSPS) is 21.8. The second kappa shape index (κ2) is 10.2. The second-order valence-corrected chi connectivity index (χ2v) is 11.7. The number of carbonyl (C=O) groups is 3. The van der Waals surface area contributed by atoms with Gasteiger partial charge in [-0.2, -0.15) is 13.2 Å². The first-order valence-electron chi connectivity index (χ1n) is 12.2. The van der Waals surface area contributed by atoms with Gasteiger partial charge >= 0.3 is 18.4 Å². The number of ether oxygens (including phenoxy) is 3. The lowest BCUT2D eigenvalue weighted by Crippen LogP contribution is -2.45. The number of alkyl halides is 3. The van der Waals surface area contributed by atoms with Crippen LogP contribution in [0.1, 0.15) is 52.8 Å². The molecule has 2 fully saturated rings. The highest BCUT2D eigenvalue weighted by Gasteiger charge is 2.56. The molecule has 2 saturated heterocycles. The van der Waals surface area contributed by atoms with E-state index in [9.17, 15) is 27.6 Å². The zero-order valence-electron chi connectivity index (χ0n) is 22.7. The van der Waals surface area contributed by atoms with Crippen LogP contribution in [0, 0.1) is 11.3 Å². The van der Waals surface area contributed by atoms with Crippen LogP contribution in [0.25, 0.3) is 0 Å². The predicted octanol–water partition coefficient (Wildman–Crippen LogP) is 4.29. The Hall–Kier alpha value is -3.09. The van der Waals surface area contributed by atoms with Gasteiger partial charge in [0.05, 0.1) is 24.3 Å². The monoisotopic (exact) mass is 544 g/mol. The van der Waals surface area contributed by atoms with E-state index in [0.29, 0.717) is 12.7 Å². The fraction of sp³-hybridized carbons (Fsp3) is 0.680. The number of nitrogens with zero attached hydrogens (tertiary/aromatic N) is 3. The molecule has 2 aliphatic rings. The molecular formula is C25H35F3N4O6. The maximum atomic E-state index is 13.2. The smallest absolute Gasteiger partial charge is 0.417 e. The molecule has 3 amide bonds. The van der Waals surface area contributed by atoms with Crippen molar-refractivity contribution in [2.45, 2.75) is 65.5 Å². The molecule has 0 saturated carbocycles. The van der Waals surface area contributed by atoms with Crippen LogP contribution in [0.3, 0.4) is 0 Å². The highest BCUT2D eigenvalue weighted by Crippen LogP contribution is 2.39. The molecule has 10 nitrogen and oxygen atoms in total. The summed E-state index contributed by atoms with van der Waals surface area (Å²) in [5, 5.41) is 2.46. The molecule has 0 spiro atoms. The number of hydrogen-bond acceptors (Lipinski definition) is 7. The summed E-state index contributed by atoms with van der Waals surface area (Å²) in [6.45, 7) is 10.7. The summed E-state index contributed by atoms with van der Waals surface area (Å²) in [6.07, 6.45) is -5.22. The van der Waals surface area contributed by atoms with Gasteiger partial charge in [0.25, 0.3) is 0 Å². The van der Waals surface area contributed by atoms with Gasteiger partial charge in [0.15, 0.2) is 0 Å². The quantitative estimate of drug-likeness (QED) is 0.602. The number of amides is 3. The fourth-order valence-electron chi connectivity index (χ4n) is 4.31. The maximum Gasteiger partial charge on any atom is 0.417 e. The van der Waals surface area contributed by atoms with Gasteiger partial charge < -0.3 is 29.3 Å². The Bertz CT molecular complexity index is 1080. The van der Waals surface area contributed by atoms with Crippen molar-refractivity contribution in [1.82, 2.24) is 14.8 Å². The molecule has 0 aromatic carbocycles. The molecule has 1 aromatic heterocycles. The number of carbonyl (C=O) groups excluding carboxylic acids is 3. The molecule has 38 heavy (non-hydrogen) atoms. The van der Waals surface area contributed by atoms with E-state index in [1.807, 2.05) is 0 Å². The Labute approximate surface area is 219 Å². The van der Waals surface area contributed by atoms with Crippen LogP contribution in [-0.2, 0) is 31.8 Å². The first kappa shape index (κ1) is 29.5. The largest absolute Gasteiger partial charge is 0.444 e. The third kappa shape index (κ3) is 6.66. The number of fused-ring (bicyclic) bond motifs is 1. The zero-order valence-corrected chi connectivity index (χ0v) is 22.7. The summed E-state index contributed by atoms with van der Waals surface area (Å²) in [5.41, 5.74) is -3.58. The molecule has 0 bridgehead atoms. The molecule has 13 heteroatoms. The summed E-state index contributed by atoms with van der Waals surface area (Å²) in [5.74, 6) is -0.700. The third-order valence-electron chi connectivity index (χ3n) is 6.42. The van der Waals surface area contributed by atoms with Crippen molar-refractivity contribution in [1.29, 1.82) is 0 Å². The minimum Gasteiger partial charge on any atom is -0.444 e. The van der Waals surface area contributed by atoms with E-state index in [2.05, 4.69) is 10.3 Å². The molecule has 0 aliphatic carbocycles. The minimum absolute atomic E-state index is 0.0269. The average Bonchev–Trinajstić information content (AvgIpc) is 3.30. The van der Waals surface area contributed by atoms with Crippen molar-refractivity contribution in [3.8, 4) is 0 Å². The van der Waals surface area contributed by atoms with Gasteiger partial charge in [-0.25, -0.2) is 9.59 Å². The minimum atomic E-state index is -4.67. The Morgan fingerprint density at radius 3 is 2.11 bits per heavy atom. The molecule has 0 radical (unpaired) electrons. The Balaban J connectivity index is 1.68. The average molecular weight is 545 g/mol. The van der Waals surface area contributed by atoms with Crippen molar-refractivity contribution < 1.29 is 41.8 Å². The van der Waals surface area contributed by atoms with Crippen LogP contribution < -0.4 is 5.32 Å². The lowest BCUT2D eigenvalue weighted by Gasteiger charge is -2.29. The molecule has 0 unspecified atom stereocenters. The summed E-state index contributed by atoms with van der Waals surface area (Å²) < 4.78 is 56.3. The van der Waals surface area contributed by atoms with Crippen LogP contribution in [0.15, 0.2) is 12.3 Å². The molecule has 3 heterocycles. The second-order valence-electron chi connectivity index (χ2n) is 11.7. The van der Waals surface area contributed by atoms with Gasteiger partial charge in [-0.1, -0.05) is 20.8 Å². The van der Waals surface area contributed by atoms with E-state index >= 15 is 0 Å². The third-order valence-corrected chi connectivity index (χ3v) is 6.42. The van der Waals surface area contributed by atoms with E-state index < -0.39 is 53.1 Å². The van der Waals surface area contributed by atoms with Crippen LogP contribution >= 0.6 is 0 Å². The van der Waals surface area contributed by atoms with E-state index in [-0.39, 0.29) is 36.9 Å². The number of nitrogens with one attached hydrogen (secondary N) is 1. The Morgan fingerprint density at radius 2 is 1.63 bits per heavy atom. The number of halogens is 3. The van der Waals surface area contributed by atoms with Crippen LogP contribution in [0.2, 0.25) is 0 Å². The SMILES string of the molecule is CO[C@]12CN(C(=O)OCc3ncc(C(F)(F)F)cc3NC(=O)C(C)(C)C)C[C@@H]1CN(C(=O)OC(C)(C)C)C2. The van der Waals surface area contributed by atoms with Gasteiger partial charge in [-0.05, 0) is 26.8 Å². The number of aromatic nitrogens is 1. The molecule has 3 rings (SSSR count). The van der Waals surface area contributed by atoms with E-state index in [4.69, 9.17) is 14.2 Å².